The third-order valence-corrected chi connectivity index (χ3v) is 4.23. The average molecular weight is 232 g/mol. The fraction of sp³-hybridized carbons (Fsp3) is 0.429. The molecular weight excluding hydrogens is 212 g/mol. The van der Waals surface area contributed by atoms with Crippen LogP contribution in [0.1, 0.15) is 12.0 Å². The van der Waals surface area contributed by atoms with Gasteiger partial charge in [-0.2, -0.15) is 0 Å². The van der Waals surface area contributed by atoms with Crippen LogP contribution in [0.4, 0.5) is 0 Å². The van der Waals surface area contributed by atoms with Gasteiger partial charge in [0, 0.05) is 14.5 Å². The standard InChI is InChI=1S/C14H20OSi/c1-16(2,3)11-10-13-9-8-12-6-4-5-7-14(12)15-13/h4-7,10H,8-9,11H2,1-3H3/b13-10+. The summed E-state index contributed by atoms with van der Waals surface area (Å²) in [6.45, 7) is 7.17. The minimum Gasteiger partial charge on any atom is -0.462 e. The summed E-state index contributed by atoms with van der Waals surface area (Å²) in [5.41, 5.74) is 1.34. The molecule has 0 aromatic heterocycles. The van der Waals surface area contributed by atoms with E-state index in [0.717, 1.165) is 18.6 Å². The van der Waals surface area contributed by atoms with Crippen molar-refractivity contribution in [2.24, 2.45) is 0 Å². The molecule has 1 aliphatic rings. The SMILES string of the molecule is C[Si](C)(C)C/C=C1\CCc2ccccc2O1. The fourth-order valence-corrected chi connectivity index (χ4v) is 2.66. The van der Waals surface area contributed by atoms with Crippen LogP contribution in [0.2, 0.25) is 25.7 Å². The lowest BCUT2D eigenvalue weighted by molar-refractivity contribution is 0.377. The molecule has 16 heavy (non-hydrogen) atoms. The largest absolute Gasteiger partial charge is 0.462 e. The first-order chi connectivity index (χ1) is 7.54. The number of allylic oxidation sites excluding steroid dienone is 2. The second-order valence-electron chi connectivity index (χ2n) is 5.65. The summed E-state index contributed by atoms with van der Waals surface area (Å²) in [4.78, 5) is 0. The van der Waals surface area contributed by atoms with Crippen LogP contribution >= 0.6 is 0 Å². The van der Waals surface area contributed by atoms with E-state index in [0.29, 0.717) is 0 Å². The molecular formula is C14H20OSi. The Labute approximate surface area is 99.2 Å². The Morgan fingerprint density at radius 3 is 2.69 bits per heavy atom. The molecule has 86 valence electrons. The summed E-state index contributed by atoms with van der Waals surface area (Å²) in [6, 6.07) is 9.56. The van der Waals surface area contributed by atoms with Gasteiger partial charge in [-0.25, -0.2) is 0 Å². The monoisotopic (exact) mass is 232 g/mol. The van der Waals surface area contributed by atoms with Gasteiger partial charge < -0.3 is 4.74 Å². The van der Waals surface area contributed by atoms with Crippen molar-refractivity contribution in [1.29, 1.82) is 0 Å². The lowest BCUT2D eigenvalue weighted by atomic mass is 10.1. The van der Waals surface area contributed by atoms with Crippen molar-refractivity contribution in [2.75, 3.05) is 0 Å². The van der Waals surface area contributed by atoms with Crippen LogP contribution in [0.3, 0.4) is 0 Å². The molecule has 2 rings (SSSR count). The lowest BCUT2D eigenvalue weighted by Crippen LogP contribution is -2.18. The zero-order chi connectivity index (χ0) is 11.6. The third kappa shape index (κ3) is 2.98. The molecule has 0 aliphatic carbocycles. The van der Waals surface area contributed by atoms with Gasteiger partial charge in [-0.15, -0.1) is 0 Å². The molecule has 0 unspecified atom stereocenters. The van der Waals surface area contributed by atoms with Gasteiger partial charge in [0.05, 0.1) is 0 Å². The second kappa shape index (κ2) is 4.46. The smallest absolute Gasteiger partial charge is 0.130 e. The number of para-hydroxylation sites is 1. The number of rotatable bonds is 2. The van der Waals surface area contributed by atoms with E-state index >= 15 is 0 Å². The summed E-state index contributed by atoms with van der Waals surface area (Å²) in [5, 5.41) is 0. The molecule has 0 fully saturated rings. The molecule has 1 aromatic rings. The molecule has 2 heteroatoms. The first kappa shape index (κ1) is 11.5. The van der Waals surface area contributed by atoms with Crippen LogP contribution in [0.5, 0.6) is 5.75 Å². The molecule has 0 atom stereocenters. The molecule has 0 amide bonds. The number of fused-ring (bicyclic) bond motifs is 1. The molecule has 0 N–H and O–H groups in total. The highest BCUT2D eigenvalue weighted by Crippen LogP contribution is 2.29. The second-order valence-corrected chi connectivity index (χ2v) is 11.2. The summed E-state index contributed by atoms with van der Waals surface area (Å²) in [6.07, 6.45) is 4.48. The highest BCUT2D eigenvalue weighted by Gasteiger charge is 2.16. The maximum Gasteiger partial charge on any atom is 0.130 e. The van der Waals surface area contributed by atoms with Gasteiger partial charge in [0.15, 0.2) is 0 Å². The van der Waals surface area contributed by atoms with Crippen LogP contribution in [0.25, 0.3) is 0 Å². The Morgan fingerprint density at radius 2 is 1.94 bits per heavy atom. The molecule has 1 heterocycles. The fourth-order valence-electron chi connectivity index (χ4n) is 1.82. The normalized spacial score (nSPS) is 18.1. The predicted octanol–water partition coefficient (Wildman–Crippen LogP) is 4.23. The van der Waals surface area contributed by atoms with E-state index < -0.39 is 8.07 Å². The van der Waals surface area contributed by atoms with Crippen LogP contribution in [0, 0.1) is 0 Å². The maximum atomic E-state index is 5.91. The van der Waals surface area contributed by atoms with Crippen molar-refractivity contribution < 1.29 is 4.74 Å². The van der Waals surface area contributed by atoms with E-state index in [1.54, 1.807) is 0 Å². The number of aryl methyl sites for hydroxylation is 1. The number of benzene rings is 1. The van der Waals surface area contributed by atoms with E-state index in [1.807, 2.05) is 6.07 Å². The Hall–Kier alpha value is -1.02. The highest BCUT2D eigenvalue weighted by atomic mass is 28.3. The van der Waals surface area contributed by atoms with Gasteiger partial charge in [-0.05, 0) is 30.2 Å². The molecule has 0 radical (unpaired) electrons. The van der Waals surface area contributed by atoms with Gasteiger partial charge in [-0.3, -0.25) is 0 Å². The van der Waals surface area contributed by atoms with Crippen molar-refractivity contribution in [1.82, 2.24) is 0 Å². The lowest BCUT2D eigenvalue weighted by Gasteiger charge is -2.21. The molecule has 0 saturated heterocycles. The van der Waals surface area contributed by atoms with Crippen molar-refractivity contribution in [2.45, 2.75) is 38.5 Å². The average Bonchev–Trinajstić information content (AvgIpc) is 2.25. The molecule has 1 aliphatic heterocycles. The summed E-state index contributed by atoms with van der Waals surface area (Å²) < 4.78 is 5.91. The Balaban J connectivity index is 2.08. The van der Waals surface area contributed by atoms with Crippen LogP contribution in [-0.2, 0) is 6.42 Å². The third-order valence-electron chi connectivity index (χ3n) is 2.80. The highest BCUT2D eigenvalue weighted by molar-refractivity contribution is 6.76. The van der Waals surface area contributed by atoms with Gasteiger partial charge in [0.2, 0.25) is 0 Å². The first-order valence-corrected chi connectivity index (χ1v) is 9.70. The van der Waals surface area contributed by atoms with Crippen molar-refractivity contribution >= 4 is 8.07 Å². The molecule has 1 aromatic carbocycles. The minimum absolute atomic E-state index is 0.989. The Bertz CT molecular complexity index is 401. The Kier molecular flexibility index (Phi) is 3.19. The van der Waals surface area contributed by atoms with Gasteiger partial charge in [0.25, 0.3) is 0 Å². The molecule has 0 saturated carbocycles. The quantitative estimate of drug-likeness (QED) is 0.693. The summed E-state index contributed by atoms with van der Waals surface area (Å²) in [7, 11) is -0.989. The van der Waals surface area contributed by atoms with Gasteiger partial charge in [-0.1, -0.05) is 37.8 Å². The van der Waals surface area contributed by atoms with Crippen LogP contribution < -0.4 is 4.74 Å². The van der Waals surface area contributed by atoms with E-state index in [2.05, 4.69) is 43.9 Å². The number of hydrogen-bond acceptors (Lipinski definition) is 1. The van der Waals surface area contributed by atoms with E-state index in [4.69, 9.17) is 4.74 Å². The zero-order valence-electron chi connectivity index (χ0n) is 10.4. The van der Waals surface area contributed by atoms with Crippen molar-refractivity contribution in [3.8, 4) is 5.75 Å². The van der Waals surface area contributed by atoms with E-state index in [1.165, 1.54) is 17.4 Å². The minimum atomic E-state index is -0.989. The number of hydrogen-bond donors (Lipinski definition) is 0. The van der Waals surface area contributed by atoms with Crippen molar-refractivity contribution in [3.05, 3.63) is 41.7 Å². The summed E-state index contributed by atoms with van der Waals surface area (Å²) >= 11 is 0. The summed E-state index contributed by atoms with van der Waals surface area (Å²) in [5.74, 6) is 2.22. The van der Waals surface area contributed by atoms with Crippen LogP contribution in [-0.4, -0.2) is 8.07 Å². The first-order valence-electron chi connectivity index (χ1n) is 5.99. The van der Waals surface area contributed by atoms with Gasteiger partial charge >= 0.3 is 0 Å². The van der Waals surface area contributed by atoms with E-state index in [9.17, 15) is 0 Å². The van der Waals surface area contributed by atoms with Crippen molar-refractivity contribution in [3.63, 3.8) is 0 Å². The Morgan fingerprint density at radius 1 is 1.19 bits per heavy atom. The topological polar surface area (TPSA) is 9.23 Å². The molecule has 1 nitrogen and oxygen atoms in total. The maximum absolute atomic E-state index is 5.91. The van der Waals surface area contributed by atoms with Crippen LogP contribution in [0.15, 0.2) is 36.1 Å². The number of ether oxygens (including phenoxy) is 1. The van der Waals surface area contributed by atoms with E-state index in [-0.39, 0.29) is 0 Å². The zero-order valence-corrected chi connectivity index (χ0v) is 11.4. The molecule has 0 bridgehead atoms. The molecule has 0 spiro atoms. The predicted molar refractivity (Wildman–Crippen MR) is 71.6 cm³/mol. The van der Waals surface area contributed by atoms with Gasteiger partial charge in [0.1, 0.15) is 11.5 Å².